The molecule has 1 fully saturated rings. The number of para-hydroxylation sites is 1. The number of anilines is 1. The second-order valence-electron chi connectivity index (χ2n) is 7.00. The van der Waals surface area contributed by atoms with Crippen LogP contribution in [0, 0.1) is 0 Å². The van der Waals surface area contributed by atoms with Gasteiger partial charge in [0.15, 0.2) is 0 Å². The third-order valence-corrected chi connectivity index (χ3v) is 6.63. The fourth-order valence-corrected chi connectivity index (χ4v) is 4.50. The lowest BCUT2D eigenvalue weighted by Crippen LogP contribution is -2.36. The van der Waals surface area contributed by atoms with E-state index in [2.05, 4.69) is 21.2 Å². The van der Waals surface area contributed by atoms with Crippen molar-refractivity contribution in [3.8, 4) is 11.3 Å². The van der Waals surface area contributed by atoms with Gasteiger partial charge in [0.25, 0.3) is 11.1 Å². The molecule has 1 aromatic heterocycles. The molecule has 0 radical (unpaired) electrons. The van der Waals surface area contributed by atoms with Crippen LogP contribution in [-0.2, 0) is 9.59 Å². The third kappa shape index (κ3) is 5.09. The molecule has 1 aliphatic heterocycles. The molecule has 0 atom stereocenters. The van der Waals surface area contributed by atoms with Gasteiger partial charge in [-0.15, -0.1) is 0 Å². The molecular formula is C23H14BrClN2O6S. The number of carboxylic acids is 1. The van der Waals surface area contributed by atoms with Gasteiger partial charge in [0.1, 0.15) is 18.1 Å². The van der Waals surface area contributed by atoms with Crippen molar-refractivity contribution in [3.63, 3.8) is 0 Å². The number of thioether (sulfide) groups is 1. The summed E-state index contributed by atoms with van der Waals surface area (Å²) in [5.41, 5.74) is 0.932. The topological polar surface area (TPSA) is 117 Å². The first kappa shape index (κ1) is 23.8. The molecule has 1 saturated heterocycles. The smallest absolute Gasteiger partial charge is 0.335 e. The Morgan fingerprint density at radius 1 is 1.15 bits per heavy atom. The van der Waals surface area contributed by atoms with E-state index in [1.165, 1.54) is 24.3 Å². The summed E-state index contributed by atoms with van der Waals surface area (Å²) in [6.07, 6.45) is 1.38. The van der Waals surface area contributed by atoms with Gasteiger partial charge < -0.3 is 14.8 Å². The molecule has 2 aromatic carbocycles. The van der Waals surface area contributed by atoms with Crippen molar-refractivity contribution in [2.45, 2.75) is 0 Å². The molecule has 1 aliphatic rings. The zero-order chi connectivity index (χ0) is 24.4. The van der Waals surface area contributed by atoms with Gasteiger partial charge in [-0.3, -0.25) is 19.3 Å². The van der Waals surface area contributed by atoms with Crippen molar-refractivity contribution >= 4 is 74.1 Å². The summed E-state index contributed by atoms with van der Waals surface area (Å²) in [6.45, 7) is -0.440. The van der Waals surface area contributed by atoms with Crippen LogP contribution in [0.15, 0.2) is 68.4 Å². The van der Waals surface area contributed by atoms with E-state index >= 15 is 0 Å². The van der Waals surface area contributed by atoms with Crippen molar-refractivity contribution in [1.29, 1.82) is 0 Å². The van der Waals surface area contributed by atoms with E-state index in [1.807, 2.05) is 0 Å². The molecule has 0 unspecified atom stereocenters. The molecule has 0 aliphatic carbocycles. The molecule has 11 heteroatoms. The zero-order valence-corrected chi connectivity index (χ0v) is 20.2. The first-order valence-electron chi connectivity index (χ1n) is 9.65. The lowest BCUT2D eigenvalue weighted by molar-refractivity contribution is -0.127. The van der Waals surface area contributed by atoms with Crippen molar-refractivity contribution in [1.82, 2.24) is 4.90 Å². The normalized spacial score (nSPS) is 14.6. The minimum Gasteiger partial charge on any atom is -0.478 e. The molecule has 0 spiro atoms. The molecule has 0 saturated carbocycles. The summed E-state index contributed by atoms with van der Waals surface area (Å²) in [4.78, 5) is 49.6. The predicted molar refractivity (Wildman–Crippen MR) is 132 cm³/mol. The van der Waals surface area contributed by atoms with Crippen molar-refractivity contribution in [2.75, 3.05) is 11.9 Å². The second-order valence-corrected chi connectivity index (χ2v) is 9.25. The maximum Gasteiger partial charge on any atom is 0.335 e. The quantitative estimate of drug-likeness (QED) is 0.369. The molecule has 2 heterocycles. The number of halogens is 2. The van der Waals surface area contributed by atoms with Gasteiger partial charge in [0.05, 0.1) is 21.2 Å². The van der Waals surface area contributed by atoms with Crippen molar-refractivity contribution in [3.05, 3.63) is 80.3 Å². The first-order valence-corrected chi connectivity index (χ1v) is 11.6. The van der Waals surface area contributed by atoms with Crippen LogP contribution in [0.25, 0.3) is 17.4 Å². The molecular weight excluding hydrogens is 548 g/mol. The molecule has 0 bridgehead atoms. The summed E-state index contributed by atoms with van der Waals surface area (Å²) in [6, 6.07) is 14.3. The highest BCUT2D eigenvalue weighted by molar-refractivity contribution is 9.10. The standard InChI is InChI=1S/C23H14BrClN2O6S/c24-15-3-1-2-4-17(15)26-20(28)11-27-21(29)19(34-23(27)32)10-13-6-8-18(33-13)14-9-12(22(30)31)5-7-16(14)25/h1-10H,11H2,(H,26,28)(H,30,31)/b19-10-. The zero-order valence-electron chi connectivity index (χ0n) is 17.1. The maximum absolute atomic E-state index is 12.7. The van der Waals surface area contributed by atoms with Gasteiger partial charge in [-0.2, -0.15) is 0 Å². The number of aromatic carboxylic acids is 1. The largest absolute Gasteiger partial charge is 0.478 e. The van der Waals surface area contributed by atoms with Crippen LogP contribution < -0.4 is 5.32 Å². The van der Waals surface area contributed by atoms with E-state index in [0.717, 1.165) is 4.90 Å². The first-order chi connectivity index (χ1) is 16.2. The third-order valence-electron chi connectivity index (χ3n) is 4.70. The summed E-state index contributed by atoms with van der Waals surface area (Å²) in [5, 5.41) is 11.5. The Balaban J connectivity index is 1.49. The lowest BCUT2D eigenvalue weighted by Gasteiger charge is -2.13. The monoisotopic (exact) mass is 560 g/mol. The Morgan fingerprint density at radius 3 is 2.65 bits per heavy atom. The maximum atomic E-state index is 12.7. The number of nitrogens with zero attached hydrogens (tertiary/aromatic N) is 1. The predicted octanol–water partition coefficient (Wildman–Crippen LogP) is 5.74. The molecule has 3 aromatic rings. The Labute approximate surface area is 210 Å². The van der Waals surface area contributed by atoms with E-state index < -0.39 is 29.6 Å². The summed E-state index contributed by atoms with van der Waals surface area (Å²) in [5.74, 6) is -1.70. The second kappa shape index (κ2) is 9.88. The van der Waals surface area contributed by atoms with Crippen molar-refractivity contribution < 1.29 is 28.7 Å². The van der Waals surface area contributed by atoms with Gasteiger partial charge in [-0.05, 0) is 70.2 Å². The van der Waals surface area contributed by atoms with Gasteiger partial charge in [-0.25, -0.2) is 4.79 Å². The van der Waals surface area contributed by atoms with Crippen LogP contribution in [0.3, 0.4) is 0 Å². The molecule has 2 N–H and O–H groups in total. The van der Waals surface area contributed by atoms with Gasteiger partial charge in [0.2, 0.25) is 5.91 Å². The lowest BCUT2D eigenvalue weighted by atomic mass is 10.1. The van der Waals surface area contributed by atoms with Crippen LogP contribution >= 0.6 is 39.3 Å². The number of imide groups is 1. The number of rotatable bonds is 6. The number of benzene rings is 2. The van der Waals surface area contributed by atoms with Gasteiger partial charge in [-0.1, -0.05) is 23.7 Å². The number of hydrogen-bond acceptors (Lipinski definition) is 6. The Bertz CT molecular complexity index is 1370. The highest BCUT2D eigenvalue weighted by Gasteiger charge is 2.36. The van der Waals surface area contributed by atoms with Crippen LogP contribution in [0.2, 0.25) is 5.02 Å². The summed E-state index contributed by atoms with van der Waals surface area (Å²) >= 11 is 10.2. The van der Waals surface area contributed by atoms with Crippen molar-refractivity contribution in [2.24, 2.45) is 0 Å². The summed E-state index contributed by atoms with van der Waals surface area (Å²) < 4.78 is 6.37. The fourth-order valence-electron chi connectivity index (χ4n) is 3.08. The number of carboxylic acid groups (broad SMARTS) is 1. The Hall–Kier alpha value is -3.34. The Kier molecular flexibility index (Phi) is 6.92. The highest BCUT2D eigenvalue weighted by Crippen LogP contribution is 2.35. The van der Waals surface area contributed by atoms with E-state index in [-0.39, 0.29) is 16.2 Å². The van der Waals surface area contributed by atoms with Crippen LogP contribution in [0.1, 0.15) is 16.1 Å². The highest BCUT2D eigenvalue weighted by atomic mass is 79.9. The van der Waals surface area contributed by atoms with Gasteiger partial charge >= 0.3 is 5.97 Å². The number of furan rings is 1. The Morgan fingerprint density at radius 2 is 1.91 bits per heavy atom. The van der Waals surface area contributed by atoms with Crippen LogP contribution in [0.4, 0.5) is 10.5 Å². The average Bonchev–Trinajstić information content (AvgIpc) is 3.36. The molecule has 3 amide bonds. The van der Waals surface area contributed by atoms with Crippen LogP contribution in [-0.4, -0.2) is 39.6 Å². The minimum absolute atomic E-state index is 0.0410. The van der Waals surface area contributed by atoms with E-state index in [9.17, 15) is 24.3 Å². The molecule has 34 heavy (non-hydrogen) atoms. The minimum atomic E-state index is -1.11. The number of carbonyl (C=O) groups is 4. The molecule has 4 rings (SSSR count). The SMILES string of the molecule is O=C(CN1C(=O)S/C(=C\c2ccc(-c3cc(C(=O)O)ccc3Cl)o2)C1=O)Nc1ccccc1Br. The number of amides is 3. The number of nitrogens with one attached hydrogen (secondary N) is 1. The van der Waals surface area contributed by atoms with E-state index in [0.29, 0.717) is 38.3 Å². The molecule has 172 valence electrons. The summed E-state index contributed by atoms with van der Waals surface area (Å²) in [7, 11) is 0. The number of hydrogen-bond donors (Lipinski definition) is 2. The number of carbonyl (C=O) groups excluding carboxylic acids is 3. The fraction of sp³-hybridized carbons (Fsp3) is 0.0435. The van der Waals surface area contributed by atoms with E-state index in [1.54, 1.807) is 36.4 Å². The van der Waals surface area contributed by atoms with Crippen LogP contribution in [0.5, 0.6) is 0 Å². The molecule has 8 nitrogen and oxygen atoms in total. The van der Waals surface area contributed by atoms with Gasteiger partial charge in [0, 0.05) is 16.1 Å². The van der Waals surface area contributed by atoms with E-state index in [4.69, 9.17) is 16.0 Å². The average molecular weight is 562 g/mol.